The monoisotopic (exact) mass is 209 g/mol. The summed E-state index contributed by atoms with van der Waals surface area (Å²) >= 11 is 0. The van der Waals surface area contributed by atoms with E-state index in [-0.39, 0.29) is 6.42 Å². The van der Waals surface area contributed by atoms with E-state index in [0.29, 0.717) is 0 Å². The first kappa shape index (κ1) is 10.2. The maximum atomic E-state index is 10.6. The third kappa shape index (κ3) is 1.77. The summed E-state index contributed by atoms with van der Waals surface area (Å²) in [6.45, 7) is 1.86. The van der Waals surface area contributed by atoms with Crippen LogP contribution in [0.4, 0.5) is 0 Å². The number of carbonyl (C=O) groups is 1. The van der Waals surface area contributed by atoms with E-state index in [0.717, 1.165) is 41.9 Å². The van der Waals surface area contributed by atoms with Gasteiger partial charge < -0.3 is 15.3 Å². The number of nitrogens with two attached hydrogens (primary N) is 1. The van der Waals surface area contributed by atoms with Crippen LogP contribution in [-0.4, -0.2) is 11.1 Å². The number of aryl methyl sites for hydroxylation is 2. The molecular weight excluding hydrogens is 194 g/mol. The molecule has 0 saturated carbocycles. The Labute approximate surface area is 88.1 Å². The average Bonchev–Trinajstić information content (AvgIpc) is 2.60. The molecule has 1 aliphatic rings. The van der Waals surface area contributed by atoms with E-state index in [2.05, 4.69) is 0 Å². The second-order valence-corrected chi connectivity index (χ2v) is 4.03. The van der Waals surface area contributed by atoms with Gasteiger partial charge in [0.2, 0.25) is 0 Å². The molecule has 3 N–H and O–H groups in total. The van der Waals surface area contributed by atoms with Crippen LogP contribution in [0.3, 0.4) is 0 Å². The second kappa shape index (κ2) is 3.70. The van der Waals surface area contributed by atoms with Gasteiger partial charge in [-0.1, -0.05) is 0 Å². The quantitative estimate of drug-likeness (QED) is 0.791. The molecule has 1 heterocycles. The largest absolute Gasteiger partial charge is 0.481 e. The molecular formula is C11H15NO3. The highest BCUT2D eigenvalue weighted by atomic mass is 16.4. The molecule has 1 aromatic heterocycles. The van der Waals surface area contributed by atoms with Crippen LogP contribution in [-0.2, 0) is 17.6 Å². The Morgan fingerprint density at radius 1 is 1.60 bits per heavy atom. The zero-order valence-electron chi connectivity index (χ0n) is 8.75. The second-order valence-electron chi connectivity index (χ2n) is 4.03. The summed E-state index contributed by atoms with van der Waals surface area (Å²) in [4.78, 5) is 10.6. The van der Waals surface area contributed by atoms with Crippen molar-refractivity contribution in [1.82, 2.24) is 0 Å². The Hall–Kier alpha value is -1.29. The molecule has 0 amide bonds. The summed E-state index contributed by atoms with van der Waals surface area (Å²) in [6, 6.07) is -0.437. The van der Waals surface area contributed by atoms with Crippen LogP contribution in [0.5, 0.6) is 0 Å². The van der Waals surface area contributed by atoms with E-state index in [9.17, 15) is 4.79 Å². The molecule has 1 atom stereocenters. The van der Waals surface area contributed by atoms with Gasteiger partial charge in [-0.2, -0.15) is 0 Å². The van der Waals surface area contributed by atoms with E-state index in [1.807, 2.05) is 6.92 Å². The van der Waals surface area contributed by atoms with Crippen LogP contribution in [0.2, 0.25) is 0 Å². The van der Waals surface area contributed by atoms with Crippen molar-refractivity contribution in [3.63, 3.8) is 0 Å². The molecule has 15 heavy (non-hydrogen) atoms. The van der Waals surface area contributed by atoms with Gasteiger partial charge in [-0.3, -0.25) is 4.79 Å². The Balaban J connectivity index is 2.31. The number of hydrogen-bond donors (Lipinski definition) is 2. The van der Waals surface area contributed by atoms with Crippen molar-refractivity contribution >= 4 is 5.97 Å². The highest BCUT2D eigenvalue weighted by Gasteiger charge is 2.26. The van der Waals surface area contributed by atoms with Crippen LogP contribution in [0.15, 0.2) is 4.42 Å². The Kier molecular flexibility index (Phi) is 2.52. The first-order chi connectivity index (χ1) is 7.09. The fourth-order valence-electron chi connectivity index (χ4n) is 2.34. The maximum absolute atomic E-state index is 10.6. The first-order valence-electron chi connectivity index (χ1n) is 5.18. The van der Waals surface area contributed by atoms with E-state index in [1.165, 1.54) is 0 Å². The van der Waals surface area contributed by atoms with Gasteiger partial charge >= 0.3 is 5.97 Å². The third-order valence-electron chi connectivity index (χ3n) is 2.91. The van der Waals surface area contributed by atoms with Crippen molar-refractivity contribution in [2.24, 2.45) is 5.73 Å². The van der Waals surface area contributed by atoms with Crippen LogP contribution in [0.1, 0.15) is 41.5 Å². The molecule has 2 rings (SSSR count). The van der Waals surface area contributed by atoms with Gasteiger partial charge in [-0.15, -0.1) is 0 Å². The van der Waals surface area contributed by atoms with E-state index >= 15 is 0 Å². The van der Waals surface area contributed by atoms with Gasteiger partial charge in [0.1, 0.15) is 11.5 Å². The summed E-state index contributed by atoms with van der Waals surface area (Å²) in [5.74, 6) is 0.923. The lowest BCUT2D eigenvalue weighted by Gasteiger charge is -2.09. The summed E-state index contributed by atoms with van der Waals surface area (Å²) in [7, 11) is 0. The van der Waals surface area contributed by atoms with Crippen molar-refractivity contribution < 1.29 is 14.3 Å². The molecule has 0 radical (unpaired) electrons. The maximum Gasteiger partial charge on any atom is 0.305 e. The number of rotatable bonds is 3. The van der Waals surface area contributed by atoms with Gasteiger partial charge in [-0.05, 0) is 25.3 Å². The van der Waals surface area contributed by atoms with Crippen molar-refractivity contribution in [2.75, 3.05) is 0 Å². The number of carboxylic acid groups (broad SMARTS) is 1. The molecule has 4 heteroatoms. The number of furan rings is 1. The predicted molar refractivity (Wildman–Crippen MR) is 54.7 cm³/mol. The zero-order chi connectivity index (χ0) is 11.0. The van der Waals surface area contributed by atoms with Crippen LogP contribution >= 0.6 is 0 Å². The smallest absolute Gasteiger partial charge is 0.305 e. The van der Waals surface area contributed by atoms with E-state index in [1.54, 1.807) is 0 Å². The normalized spacial score (nSPS) is 16.4. The van der Waals surface area contributed by atoms with E-state index < -0.39 is 12.0 Å². The molecule has 1 aromatic rings. The van der Waals surface area contributed by atoms with Crippen LogP contribution in [0, 0.1) is 6.92 Å². The lowest BCUT2D eigenvalue weighted by molar-refractivity contribution is -0.137. The lowest BCUT2D eigenvalue weighted by Crippen LogP contribution is -2.16. The lowest BCUT2D eigenvalue weighted by atomic mass is 9.99. The molecule has 0 fully saturated rings. The Morgan fingerprint density at radius 2 is 2.33 bits per heavy atom. The molecule has 1 unspecified atom stereocenters. The zero-order valence-corrected chi connectivity index (χ0v) is 8.75. The third-order valence-corrected chi connectivity index (χ3v) is 2.91. The molecule has 0 aromatic carbocycles. The highest BCUT2D eigenvalue weighted by Crippen LogP contribution is 2.34. The summed E-state index contributed by atoms with van der Waals surface area (Å²) in [5.41, 5.74) is 7.95. The fourth-order valence-corrected chi connectivity index (χ4v) is 2.34. The standard InChI is InChI=1S/C11H15NO3/c1-6-11(8(12)5-10(13)14)7-3-2-4-9(7)15-6/h8H,2-5,12H2,1H3,(H,13,14). The topological polar surface area (TPSA) is 76.5 Å². The summed E-state index contributed by atoms with van der Waals surface area (Å²) < 4.78 is 5.59. The van der Waals surface area contributed by atoms with Crippen molar-refractivity contribution in [1.29, 1.82) is 0 Å². The van der Waals surface area contributed by atoms with Gasteiger partial charge in [0, 0.05) is 18.0 Å². The fraction of sp³-hybridized carbons (Fsp3) is 0.545. The van der Waals surface area contributed by atoms with Gasteiger partial charge in [-0.25, -0.2) is 0 Å². The molecule has 0 aliphatic heterocycles. The SMILES string of the molecule is Cc1oc2c(c1C(N)CC(=O)O)CCC2. The number of aliphatic carboxylic acids is 1. The number of hydrogen-bond acceptors (Lipinski definition) is 3. The Morgan fingerprint density at radius 3 is 3.00 bits per heavy atom. The molecule has 0 saturated heterocycles. The minimum absolute atomic E-state index is 0.0349. The number of fused-ring (bicyclic) bond motifs is 1. The summed E-state index contributed by atoms with van der Waals surface area (Å²) in [5, 5.41) is 8.71. The van der Waals surface area contributed by atoms with Gasteiger partial charge in [0.25, 0.3) is 0 Å². The van der Waals surface area contributed by atoms with Crippen molar-refractivity contribution in [3.8, 4) is 0 Å². The van der Waals surface area contributed by atoms with E-state index in [4.69, 9.17) is 15.3 Å². The molecule has 1 aliphatic carbocycles. The van der Waals surface area contributed by atoms with Gasteiger partial charge in [0.15, 0.2) is 0 Å². The highest BCUT2D eigenvalue weighted by molar-refractivity contribution is 5.68. The molecule has 0 bridgehead atoms. The summed E-state index contributed by atoms with van der Waals surface area (Å²) in [6.07, 6.45) is 2.97. The Bertz CT molecular complexity index is 395. The molecule has 82 valence electrons. The van der Waals surface area contributed by atoms with Crippen LogP contribution < -0.4 is 5.73 Å². The minimum atomic E-state index is -0.866. The van der Waals surface area contributed by atoms with Crippen LogP contribution in [0.25, 0.3) is 0 Å². The molecule has 4 nitrogen and oxygen atoms in total. The average molecular weight is 209 g/mol. The van der Waals surface area contributed by atoms with Crippen molar-refractivity contribution in [3.05, 3.63) is 22.6 Å². The number of carboxylic acids is 1. The predicted octanol–water partition coefficient (Wildman–Crippen LogP) is 1.55. The van der Waals surface area contributed by atoms with Crippen molar-refractivity contribution in [2.45, 2.75) is 38.6 Å². The first-order valence-corrected chi connectivity index (χ1v) is 5.18. The van der Waals surface area contributed by atoms with Gasteiger partial charge in [0.05, 0.1) is 6.42 Å². The molecule has 0 spiro atoms. The minimum Gasteiger partial charge on any atom is -0.481 e.